The molecule has 0 aliphatic heterocycles. The van der Waals surface area contributed by atoms with Crippen LogP contribution in [-0.2, 0) is 4.74 Å². The van der Waals surface area contributed by atoms with Crippen molar-refractivity contribution in [3.05, 3.63) is 16.0 Å². The SMILES string of the molecule is CCOC(=O)c1c(Cl)nc(Cl)nc1SC. The molecule has 0 saturated carbocycles. The molecule has 0 aromatic carbocycles. The number of hydrogen-bond donors (Lipinski definition) is 0. The van der Waals surface area contributed by atoms with Crippen LogP contribution in [0.5, 0.6) is 0 Å². The molecule has 0 spiro atoms. The maximum Gasteiger partial charge on any atom is 0.344 e. The van der Waals surface area contributed by atoms with E-state index < -0.39 is 5.97 Å². The van der Waals surface area contributed by atoms with E-state index in [1.165, 1.54) is 11.8 Å². The molecular formula is C8H8Cl2N2O2S. The Morgan fingerprint density at radius 2 is 2.13 bits per heavy atom. The molecule has 0 bridgehead atoms. The molecule has 0 radical (unpaired) electrons. The van der Waals surface area contributed by atoms with Crippen molar-refractivity contribution in [3.63, 3.8) is 0 Å². The lowest BCUT2D eigenvalue weighted by atomic mass is 10.3. The first kappa shape index (κ1) is 12.5. The van der Waals surface area contributed by atoms with E-state index in [2.05, 4.69) is 9.97 Å². The van der Waals surface area contributed by atoms with E-state index in [1.54, 1.807) is 13.2 Å². The summed E-state index contributed by atoms with van der Waals surface area (Å²) in [7, 11) is 0. The standard InChI is InChI=1S/C8H8Cl2N2O2S/c1-3-14-7(13)4-5(9)11-8(10)12-6(4)15-2/h3H2,1-2H3. The molecule has 82 valence electrons. The highest BCUT2D eigenvalue weighted by molar-refractivity contribution is 7.98. The van der Waals surface area contributed by atoms with Gasteiger partial charge in [0.25, 0.3) is 0 Å². The summed E-state index contributed by atoms with van der Waals surface area (Å²) in [5, 5.41) is 0.439. The molecular weight excluding hydrogens is 259 g/mol. The molecule has 7 heteroatoms. The molecule has 0 aliphatic carbocycles. The fraction of sp³-hybridized carbons (Fsp3) is 0.375. The van der Waals surface area contributed by atoms with Gasteiger partial charge in [0, 0.05) is 0 Å². The van der Waals surface area contributed by atoms with E-state index in [9.17, 15) is 4.79 Å². The maximum absolute atomic E-state index is 11.5. The predicted octanol–water partition coefficient (Wildman–Crippen LogP) is 2.68. The highest BCUT2D eigenvalue weighted by Crippen LogP contribution is 2.26. The third-order valence-corrected chi connectivity index (χ3v) is 2.60. The number of rotatable bonds is 3. The van der Waals surface area contributed by atoms with Crippen molar-refractivity contribution in [3.8, 4) is 0 Å². The molecule has 1 heterocycles. The van der Waals surface area contributed by atoms with Crippen LogP contribution in [-0.4, -0.2) is 28.8 Å². The van der Waals surface area contributed by atoms with Crippen molar-refractivity contribution in [2.45, 2.75) is 11.9 Å². The van der Waals surface area contributed by atoms with Gasteiger partial charge in [0.1, 0.15) is 15.7 Å². The Hall–Kier alpha value is -0.520. The van der Waals surface area contributed by atoms with Crippen LogP contribution in [0.25, 0.3) is 0 Å². The molecule has 4 nitrogen and oxygen atoms in total. The van der Waals surface area contributed by atoms with Gasteiger partial charge in [0.05, 0.1) is 6.61 Å². The summed E-state index contributed by atoms with van der Waals surface area (Å²) in [6.45, 7) is 1.98. The van der Waals surface area contributed by atoms with Crippen LogP contribution in [0, 0.1) is 0 Å². The number of thioether (sulfide) groups is 1. The van der Waals surface area contributed by atoms with Crippen LogP contribution in [0.2, 0.25) is 10.4 Å². The number of carbonyl (C=O) groups excluding carboxylic acids is 1. The minimum atomic E-state index is -0.538. The van der Waals surface area contributed by atoms with Gasteiger partial charge >= 0.3 is 5.97 Å². The van der Waals surface area contributed by atoms with Crippen LogP contribution >= 0.6 is 35.0 Å². The van der Waals surface area contributed by atoms with Crippen molar-refractivity contribution in [2.24, 2.45) is 0 Å². The average molecular weight is 267 g/mol. The molecule has 0 aliphatic rings. The third kappa shape index (κ3) is 2.96. The van der Waals surface area contributed by atoms with E-state index in [1.807, 2.05) is 0 Å². The largest absolute Gasteiger partial charge is 0.462 e. The molecule has 0 atom stereocenters. The van der Waals surface area contributed by atoms with E-state index >= 15 is 0 Å². The van der Waals surface area contributed by atoms with E-state index in [-0.39, 0.29) is 22.6 Å². The van der Waals surface area contributed by atoms with Crippen LogP contribution in [0.1, 0.15) is 17.3 Å². The zero-order valence-corrected chi connectivity index (χ0v) is 10.4. The zero-order valence-electron chi connectivity index (χ0n) is 8.08. The van der Waals surface area contributed by atoms with Gasteiger partial charge in [-0.25, -0.2) is 14.8 Å². The monoisotopic (exact) mass is 266 g/mol. The van der Waals surface area contributed by atoms with Crippen LogP contribution in [0.15, 0.2) is 5.03 Å². The first-order valence-electron chi connectivity index (χ1n) is 4.04. The van der Waals surface area contributed by atoms with Crippen LogP contribution < -0.4 is 0 Å². The smallest absolute Gasteiger partial charge is 0.344 e. The minimum absolute atomic E-state index is 0.0115. The molecule has 15 heavy (non-hydrogen) atoms. The number of esters is 1. The van der Waals surface area contributed by atoms with Gasteiger partial charge < -0.3 is 4.74 Å². The highest BCUT2D eigenvalue weighted by atomic mass is 35.5. The third-order valence-electron chi connectivity index (χ3n) is 1.48. The van der Waals surface area contributed by atoms with Gasteiger partial charge in [0.15, 0.2) is 0 Å². The topological polar surface area (TPSA) is 52.1 Å². The molecule has 1 rings (SSSR count). The quantitative estimate of drug-likeness (QED) is 0.365. The van der Waals surface area contributed by atoms with Crippen molar-refractivity contribution in [1.82, 2.24) is 9.97 Å². The predicted molar refractivity (Wildman–Crippen MR) is 59.8 cm³/mol. The Bertz CT molecular complexity index is 387. The first-order valence-corrected chi connectivity index (χ1v) is 6.02. The van der Waals surface area contributed by atoms with Crippen LogP contribution in [0.3, 0.4) is 0 Å². The number of ether oxygens (including phenoxy) is 1. The first-order chi connectivity index (χ1) is 7.10. The number of carbonyl (C=O) groups is 1. The second kappa shape index (κ2) is 5.53. The average Bonchev–Trinajstić information content (AvgIpc) is 2.16. The van der Waals surface area contributed by atoms with Gasteiger partial charge in [-0.2, -0.15) is 0 Å². The molecule has 0 saturated heterocycles. The number of nitrogens with zero attached hydrogens (tertiary/aromatic N) is 2. The molecule has 0 amide bonds. The zero-order chi connectivity index (χ0) is 11.4. The number of halogens is 2. The molecule has 0 N–H and O–H groups in total. The molecule has 0 unspecified atom stereocenters. The molecule has 1 aromatic rings. The number of hydrogen-bond acceptors (Lipinski definition) is 5. The van der Waals surface area contributed by atoms with Gasteiger partial charge in [-0.1, -0.05) is 11.6 Å². The van der Waals surface area contributed by atoms with Gasteiger partial charge in [0.2, 0.25) is 5.28 Å². The van der Waals surface area contributed by atoms with Crippen molar-refractivity contribution < 1.29 is 9.53 Å². The summed E-state index contributed by atoms with van der Waals surface area (Å²) < 4.78 is 4.83. The second-order valence-electron chi connectivity index (χ2n) is 2.39. The lowest BCUT2D eigenvalue weighted by Gasteiger charge is -2.07. The number of aromatic nitrogens is 2. The highest BCUT2D eigenvalue weighted by Gasteiger charge is 2.20. The summed E-state index contributed by atoms with van der Waals surface area (Å²) in [6.07, 6.45) is 1.76. The lowest BCUT2D eigenvalue weighted by Crippen LogP contribution is -2.09. The summed E-state index contributed by atoms with van der Waals surface area (Å²) in [5.74, 6) is -0.538. The summed E-state index contributed by atoms with van der Waals surface area (Å²) in [4.78, 5) is 19.1. The van der Waals surface area contributed by atoms with Gasteiger partial charge in [-0.3, -0.25) is 0 Å². The summed E-state index contributed by atoms with van der Waals surface area (Å²) in [6, 6.07) is 0. The Labute approximate surface area is 101 Å². The van der Waals surface area contributed by atoms with Gasteiger partial charge in [-0.05, 0) is 24.8 Å². The van der Waals surface area contributed by atoms with Crippen molar-refractivity contribution in [1.29, 1.82) is 0 Å². The summed E-state index contributed by atoms with van der Waals surface area (Å²) >= 11 is 12.7. The maximum atomic E-state index is 11.5. The Balaban J connectivity index is 3.20. The van der Waals surface area contributed by atoms with Crippen molar-refractivity contribution >= 4 is 40.9 Å². The van der Waals surface area contributed by atoms with Gasteiger partial charge in [-0.15, -0.1) is 11.8 Å². The lowest BCUT2D eigenvalue weighted by molar-refractivity contribution is 0.0521. The molecule has 0 fully saturated rings. The van der Waals surface area contributed by atoms with E-state index in [4.69, 9.17) is 27.9 Å². The summed E-state index contributed by atoms with van der Waals surface area (Å²) in [5.41, 5.74) is 0.162. The molecule has 1 aromatic heterocycles. The fourth-order valence-corrected chi connectivity index (χ4v) is 2.04. The van der Waals surface area contributed by atoms with E-state index in [0.29, 0.717) is 5.03 Å². The Morgan fingerprint density at radius 1 is 1.47 bits per heavy atom. The fourth-order valence-electron chi connectivity index (χ4n) is 0.912. The Kier molecular flexibility index (Phi) is 4.63. The normalized spacial score (nSPS) is 10.1. The van der Waals surface area contributed by atoms with Crippen molar-refractivity contribution in [2.75, 3.05) is 12.9 Å². The van der Waals surface area contributed by atoms with Crippen LogP contribution in [0.4, 0.5) is 0 Å². The minimum Gasteiger partial charge on any atom is -0.462 e. The van der Waals surface area contributed by atoms with E-state index in [0.717, 1.165) is 0 Å². The Morgan fingerprint density at radius 3 is 2.67 bits per heavy atom. The second-order valence-corrected chi connectivity index (χ2v) is 3.88.